The molecule has 0 saturated carbocycles. The van der Waals surface area contributed by atoms with E-state index in [9.17, 15) is 17.4 Å². The molecule has 2 aromatic carbocycles. The smallest absolute Gasteiger partial charge is 0.324 e. The third-order valence-electron chi connectivity index (χ3n) is 5.43. The molecule has 7 nitrogen and oxygen atoms in total. The van der Waals surface area contributed by atoms with Gasteiger partial charge < -0.3 is 9.72 Å². The summed E-state index contributed by atoms with van der Waals surface area (Å²) in [6, 6.07) is 16.4. The number of benzene rings is 2. The first kappa shape index (κ1) is 26.8. The van der Waals surface area contributed by atoms with Gasteiger partial charge in [-0.05, 0) is 63.8 Å². The minimum Gasteiger partial charge on any atom is -0.465 e. The molecule has 2 N–H and O–H groups in total. The Bertz CT molecular complexity index is 1290. The van der Waals surface area contributed by atoms with Crippen molar-refractivity contribution in [2.45, 2.75) is 55.1 Å². The molecule has 0 bridgehead atoms. The van der Waals surface area contributed by atoms with Crippen LogP contribution in [-0.4, -0.2) is 41.0 Å². The lowest BCUT2D eigenvalue weighted by Crippen LogP contribution is -2.45. The molecule has 3 atom stereocenters. The van der Waals surface area contributed by atoms with Crippen LogP contribution in [0.3, 0.4) is 0 Å². The number of carbonyl (C=O) groups is 1. The summed E-state index contributed by atoms with van der Waals surface area (Å²) in [6.45, 7) is 11.3. The van der Waals surface area contributed by atoms with E-state index in [1.807, 2.05) is 24.3 Å². The Morgan fingerprint density at radius 3 is 2.34 bits per heavy atom. The van der Waals surface area contributed by atoms with Crippen LogP contribution >= 0.6 is 0 Å². The summed E-state index contributed by atoms with van der Waals surface area (Å²) in [5.74, 6) is -0.612. The largest absolute Gasteiger partial charge is 0.465 e. The minimum absolute atomic E-state index is 0.0766. The SMILES string of the molecule is C=C(C[C@@H](N[S@](=O)C(C)(C)C)C(=O)OCC)C(c1cc2ccccc2[nH]1)S(=O)(=O)c1ccccc1. The Kier molecular flexibility index (Phi) is 8.35. The molecule has 0 spiro atoms. The van der Waals surface area contributed by atoms with Crippen molar-refractivity contribution < 1.29 is 22.2 Å². The Morgan fingerprint density at radius 2 is 1.74 bits per heavy atom. The van der Waals surface area contributed by atoms with Gasteiger partial charge in [-0.2, -0.15) is 0 Å². The van der Waals surface area contributed by atoms with Crippen LogP contribution in [0.25, 0.3) is 10.9 Å². The molecule has 9 heteroatoms. The van der Waals surface area contributed by atoms with E-state index in [1.165, 1.54) is 12.1 Å². The second kappa shape index (κ2) is 10.9. The van der Waals surface area contributed by atoms with Gasteiger partial charge in [0.05, 0.1) is 27.2 Å². The summed E-state index contributed by atoms with van der Waals surface area (Å²) in [6.07, 6.45) is -0.0766. The summed E-state index contributed by atoms with van der Waals surface area (Å²) in [7, 11) is -5.51. The summed E-state index contributed by atoms with van der Waals surface area (Å²) >= 11 is 0. The van der Waals surface area contributed by atoms with Crippen molar-refractivity contribution in [3.8, 4) is 0 Å². The molecule has 1 heterocycles. The summed E-state index contributed by atoms with van der Waals surface area (Å²) in [5, 5.41) is -0.295. The molecule has 0 aliphatic carbocycles. The zero-order valence-electron chi connectivity index (χ0n) is 20.4. The minimum atomic E-state index is -3.93. The van der Waals surface area contributed by atoms with Crippen molar-refractivity contribution >= 4 is 37.7 Å². The van der Waals surface area contributed by atoms with Crippen LogP contribution in [0.5, 0.6) is 0 Å². The number of esters is 1. The number of aromatic amines is 1. The number of nitrogens with one attached hydrogen (secondary N) is 2. The second-order valence-electron chi connectivity index (χ2n) is 9.22. The number of para-hydroxylation sites is 1. The molecule has 0 saturated heterocycles. The molecule has 0 amide bonds. The van der Waals surface area contributed by atoms with Crippen molar-refractivity contribution in [3.63, 3.8) is 0 Å². The van der Waals surface area contributed by atoms with Gasteiger partial charge in [0.15, 0.2) is 9.84 Å². The van der Waals surface area contributed by atoms with Gasteiger partial charge in [0.2, 0.25) is 0 Å². The molecule has 0 aliphatic heterocycles. The molecule has 1 unspecified atom stereocenters. The van der Waals surface area contributed by atoms with Crippen LogP contribution in [0, 0.1) is 0 Å². The molecule has 0 aliphatic rings. The van der Waals surface area contributed by atoms with Gasteiger partial charge in [-0.3, -0.25) is 4.79 Å². The van der Waals surface area contributed by atoms with E-state index < -0.39 is 42.8 Å². The highest BCUT2D eigenvalue weighted by molar-refractivity contribution is 7.92. The topological polar surface area (TPSA) is 105 Å². The lowest BCUT2D eigenvalue weighted by Gasteiger charge is -2.26. The summed E-state index contributed by atoms with van der Waals surface area (Å²) < 4.78 is 47.8. The third-order valence-corrected chi connectivity index (χ3v) is 9.18. The maximum atomic E-state index is 13.8. The van der Waals surface area contributed by atoms with Crippen LogP contribution in [-0.2, 0) is 30.4 Å². The van der Waals surface area contributed by atoms with E-state index in [2.05, 4.69) is 16.3 Å². The predicted molar refractivity (Wildman–Crippen MR) is 140 cm³/mol. The fourth-order valence-electron chi connectivity index (χ4n) is 3.68. The summed E-state index contributed by atoms with van der Waals surface area (Å²) in [4.78, 5) is 16.1. The maximum Gasteiger partial charge on any atom is 0.324 e. The van der Waals surface area contributed by atoms with Gasteiger partial charge >= 0.3 is 5.97 Å². The number of sulfone groups is 1. The summed E-state index contributed by atoms with van der Waals surface area (Å²) in [5.41, 5.74) is 1.51. The molecule has 3 rings (SSSR count). The molecule has 35 heavy (non-hydrogen) atoms. The molecule has 0 fully saturated rings. The van der Waals surface area contributed by atoms with Crippen LogP contribution in [0.1, 0.15) is 45.1 Å². The van der Waals surface area contributed by atoms with E-state index in [1.54, 1.807) is 52.0 Å². The first-order valence-corrected chi connectivity index (χ1v) is 14.0. The normalized spacial score (nSPS) is 14.9. The number of H-pyrrole nitrogens is 1. The van der Waals surface area contributed by atoms with Gasteiger partial charge in [-0.15, -0.1) is 0 Å². The average molecular weight is 517 g/mol. The van der Waals surface area contributed by atoms with Crippen molar-refractivity contribution in [1.29, 1.82) is 0 Å². The van der Waals surface area contributed by atoms with Crippen molar-refractivity contribution in [1.82, 2.24) is 9.71 Å². The van der Waals surface area contributed by atoms with Crippen LogP contribution < -0.4 is 4.72 Å². The van der Waals surface area contributed by atoms with Crippen molar-refractivity contribution in [2.75, 3.05) is 6.61 Å². The van der Waals surface area contributed by atoms with Gasteiger partial charge in [0, 0.05) is 11.2 Å². The Morgan fingerprint density at radius 1 is 1.11 bits per heavy atom. The van der Waals surface area contributed by atoms with Gasteiger partial charge in [0.25, 0.3) is 0 Å². The highest BCUT2D eigenvalue weighted by Gasteiger charge is 2.36. The predicted octanol–water partition coefficient (Wildman–Crippen LogP) is 4.61. The fourth-order valence-corrected chi connectivity index (χ4v) is 6.28. The van der Waals surface area contributed by atoms with Crippen LogP contribution in [0.15, 0.2) is 77.7 Å². The molecule has 0 radical (unpaired) electrons. The average Bonchev–Trinajstić information content (AvgIpc) is 3.21. The molecular formula is C26H32N2O5S2. The maximum absolute atomic E-state index is 13.8. The van der Waals surface area contributed by atoms with Gasteiger partial charge in [-0.1, -0.05) is 48.6 Å². The van der Waals surface area contributed by atoms with E-state index in [4.69, 9.17) is 4.74 Å². The molecule has 188 valence electrons. The lowest BCUT2D eigenvalue weighted by molar-refractivity contribution is -0.145. The first-order valence-electron chi connectivity index (χ1n) is 11.3. The lowest BCUT2D eigenvalue weighted by atomic mass is 10.0. The molecule has 1 aromatic heterocycles. The zero-order valence-corrected chi connectivity index (χ0v) is 22.0. The van der Waals surface area contributed by atoms with E-state index in [0.29, 0.717) is 5.69 Å². The molecule has 3 aromatic rings. The standard InChI is InChI=1S/C26H32N2O5S2/c1-6-33-25(29)23(28-34(30)26(3,4)5)16-18(2)24(35(31,32)20-13-8-7-9-14-20)22-17-19-12-10-11-15-21(19)27-22/h7-15,17,23-24,27-28H,2,6,16H2,1,3-5H3/t23-,24?,34-/m1/s1. The molecular weight excluding hydrogens is 484 g/mol. The van der Waals surface area contributed by atoms with E-state index in [0.717, 1.165) is 10.9 Å². The third kappa shape index (κ3) is 6.28. The Balaban J connectivity index is 2.05. The number of rotatable bonds is 10. The Hall–Kier alpha value is -2.75. The van der Waals surface area contributed by atoms with Gasteiger partial charge in [0.1, 0.15) is 11.3 Å². The fraction of sp³-hybridized carbons (Fsp3) is 0.346. The monoisotopic (exact) mass is 516 g/mol. The van der Waals surface area contributed by atoms with E-state index in [-0.39, 0.29) is 23.5 Å². The van der Waals surface area contributed by atoms with Crippen LogP contribution in [0.2, 0.25) is 0 Å². The van der Waals surface area contributed by atoms with E-state index >= 15 is 0 Å². The van der Waals surface area contributed by atoms with Crippen LogP contribution in [0.4, 0.5) is 0 Å². The number of aromatic nitrogens is 1. The van der Waals surface area contributed by atoms with Crippen molar-refractivity contribution in [3.05, 3.63) is 78.5 Å². The first-order chi connectivity index (χ1) is 16.4. The quantitative estimate of drug-likeness (QED) is 0.302. The number of hydrogen-bond donors (Lipinski definition) is 2. The number of fused-ring (bicyclic) bond motifs is 1. The number of ether oxygens (including phenoxy) is 1. The zero-order chi connectivity index (χ0) is 25.8. The number of hydrogen-bond acceptors (Lipinski definition) is 5. The highest BCUT2D eigenvalue weighted by Crippen LogP contribution is 2.37. The van der Waals surface area contributed by atoms with Crippen molar-refractivity contribution in [2.24, 2.45) is 0 Å². The number of carbonyl (C=O) groups excluding carboxylic acids is 1. The Labute approximate surface area is 209 Å². The second-order valence-corrected chi connectivity index (χ2v) is 13.2. The highest BCUT2D eigenvalue weighted by atomic mass is 32.2. The van der Waals surface area contributed by atoms with Gasteiger partial charge in [-0.25, -0.2) is 17.3 Å².